The maximum Gasteiger partial charge on any atom is 0.123 e. The van der Waals surface area contributed by atoms with Crippen molar-refractivity contribution in [3.05, 3.63) is 35.4 Å². The number of rotatable bonds is 8. The highest BCUT2D eigenvalue weighted by Crippen LogP contribution is 2.48. The van der Waals surface area contributed by atoms with E-state index in [9.17, 15) is 15.3 Å². The van der Waals surface area contributed by atoms with Crippen LogP contribution in [-0.2, 0) is 5.41 Å². The van der Waals surface area contributed by atoms with Crippen molar-refractivity contribution in [2.45, 2.75) is 96.5 Å². The summed E-state index contributed by atoms with van der Waals surface area (Å²) in [7, 11) is 0. The Morgan fingerprint density at radius 2 is 1.74 bits per heavy atom. The molecule has 0 aromatic heterocycles. The first-order valence-corrected chi connectivity index (χ1v) is 10.6. The number of allylic oxidation sites excluding steroid dienone is 1. The van der Waals surface area contributed by atoms with E-state index in [1.807, 2.05) is 19.1 Å². The van der Waals surface area contributed by atoms with Gasteiger partial charge in [0.25, 0.3) is 0 Å². The number of phenolic OH excluding ortho intramolecular Hbond substituents is 2. The standard InChI is InChI=1S/C24H38O3/c1-6-7-8-9-12-24(4,5)17-13-21(26)23(22(27)14-17)20-15-18(25)10-11-19(20)16(2)3/h13-14,18-20,25-27H,2,6-12,15H2,1,3-5H3. The predicted molar refractivity (Wildman–Crippen MR) is 112 cm³/mol. The summed E-state index contributed by atoms with van der Waals surface area (Å²) in [4.78, 5) is 0. The molecule has 3 N–H and O–H groups in total. The second-order valence-electron chi connectivity index (χ2n) is 9.15. The largest absolute Gasteiger partial charge is 0.508 e. The Labute approximate surface area is 165 Å². The molecule has 0 radical (unpaired) electrons. The van der Waals surface area contributed by atoms with Gasteiger partial charge in [0.15, 0.2) is 0 Å². The quantitative estimate of drug-likeness (QED) is 0.377. The lowest BCUT2D eigenvalue weighted by atomic mass is 9.70. The molecule has 1 aromatic carbocycles. The molecule has 0 amide bonds. The van der Waals surface area contributed by atoms with Crippen LogP contribution < -0.4 is 0 Å². The third-order valence-corrected chi connectivity index (χ3v) is 6.40. The van der Waals surface area contributed by atoms with Crippen molar-refractivity contribution < 1.29 is 15.3 Å². The van der Waals surface area contributed by atoms with Crippen LogP contribution in [0.25, 0.3) is 0 Å². The number of aliphatic hydroxyl groups is 1. The van der Waals surface area contributed by atoms with Gasteiger partial charge in [0, 0.05) is 11.5 Å². The van der Waals surface area contributed by atoms with E-state index in [4.69, 9.17) is 0 Å². The average molecular weight is 375 g/mol. The molecular formula is C24H38O3. The first-order chi connectivity index (χ1) is 12.7. The fourth-order valence-corrected chi connectivity index (χ4v) is 4.59. The minimum absolute atomic E-state index is 0.0898. The summed E-state index contributed by atoms with van der Waals surface area (Å²) in [6.07, 6.45) is 7.61. The van der Waals surface area contributed by atoms with Gasteiger partial charge >= 0.3 is 0 Å². The van der Waals surface area contributed by atoms with Gasteiger partial charge in [0.1, 0.15) is 11.5 Å². The van der Waals surface area contributed by atoms with Gasteiger partial charge in [-0.25, -0.2) is 0 Å². The fraction of sp³-hybridized carbons (Fsp3) is 0.667. The lowest BCUT2D eigenvalue weighted by molar-refractivity contribution is 0.101. The molecule has 3 nitrogen and oxygen atoms in total. The van der Waals surface area contributed by atoms with Gasteiger partial charge in [-0.3, -0.25) is 0 Å². The zero-order valence-electron chi connectivity index (χ0n) is 17.6. The highest BCUT2D eigenvalue weighted by Gasteiger charge is 2.35. The minimum atomic E-state index is -0.390. The molecule has 0 saturated heterocycles. The summed E-state index contributed by atoms with van der Waals surface area (Å²) in [5.41, 5.74) is 2.50. The van der Waals surface area contributed by atoms with Crippen LogP contribution in [0.5, 0.6) is 11.5 Å². The number of phenols is 2. The molecule has 0 heterocycles. The van der Waals surface area contributed by atoms with Gasteiger partial charge in [0.2, 0.25) is 0 Å². The van der Waals surface area contributed by atoms with Crippen molar-refractivity contribution in [2.75, 3.05) is 0 Å². The van der Waals surface area contributed by atoms with Crippen molar-refractivity contribution in [1.82, 2.24) is 0 Å². The Morgan fingerprint density at radius 3 is 2.30 bits per heavy atom. The van der Waals surface area contributed by atoms with E-state index >= 15 is 0 Å². The van der Waals surface area contributed by atoms with Gasteiger partial charge in [-0.2, -0.15) is 0 Å². The SMILES string of the molecule is C=C(C)C1CCC(O)CC1c1c(O)cc(C(C)(C)CCCCCC)cc1O. The molecule has 1 saturated carbocycles. The number of aliphatic hydroxyl groups excluding tert-OH is 1. The van der Waals surface area contributed by atoms with Gasteiger partial charge in [-0.05, 0) is 61.6 Å². The third kappa shape index (κ3) is 5.28. The Hall–Kier alpha value is -1.48. The molecule has 3 heteroatoms. The second kappa shape index (κ2) is 9.14. The number of aromatic hydroxyl groups is 2. The summed E-state index contributed by atoms with van der Waals surface area (Å²) in [5.74, 6) is 0.389. The van der Waals surface area contributed by atoms with Crippen LogP contribution >= 0.6 is 0 Å². The molecule has 1 aliphatic carbocycles. The highest BCUT2D eigenvalue weighted by atomic mass is 16.3. The van der Waals surface area contributed by atoms with Crippen molar-refractivity contribution in [3.63, 3.8) is 0 Å². The molecule has 152 valence electrons. The number of hydrogen-bond donors (Lipinski definition) is 3. The summed E-state index contributed by atoms with van der Waals surface area (Å²) in [6.45, 7) is 12.7. The van der Waals surface area contributed by atoms with E-state index in [0.717, 1.165) is 36.8 Å². The Bertz CT molecular complexity index is 624. The van der Waals surface area contributed by atoms with Crippen molar-refractivity contribution in [2.24, 2.45) is 5.92 Å². The van der Waals surface area contributed by atoms with Crippen molar-refractivity contribution in [3.8, 4) is 11.5 Å². The maximum atomic E-state index is 10.8. The number of hydrogen-bond acceptors (Lipinski definition) is 3. The first-order valence-electron chi connectivity index (χ1n) is 10.6. The molecular weight excluding hydrogens is 336 g/mol. The molecule has 0 bridgehead atoms. The smallest absolute Gasteiger partial charge is 0.123 e. The minimum Gasteiger partial charge on any atom is -0.508 e. The summed E-state index contributed by atoms with van der Waals surface area (Å²) >= 11 is 0. The van der Waals surface area contributed by atoms with Crippen molar-refractivity contribution >= 4 is 0 Å². The summed E-state index contributed by atoms with van der Waals surface area (Å²) < 4.78 is 0. The van der Waals surface area contributed by atoms with Gasteiger partial charge in [-0.15, -0.1) is 0 Å². The van der Waals surface area contributed by atoms with Crippen LogP contribution in [0.4, 0.5) is 0 Å². The van der Waals surface area contributed by atoms with Crippen LogP contribution in [0, 0.1) is 5.92 Å². The fourth-order valence-electron chi connectivity index (χ4n) is 4.59. The van der Waals surface area contributed by atoms with E-state index in [-0.39, 0.29) is 34.9 Å². The van der Waals surface area contributed by atoms with E-state index in [1.165, 1.54) is 19.3 Å². The lowest BCUT2D eigenvalue weighted by Crippen LogP contribution is -2.27. The number of unbranched alkanes of at least 4 members (excludes halogenated alkanes) is 3. The molecule has 1 aliphatic rings. The molecule has 0 aliphatic heterocycles. The summed E-state index contributed by atoms with van der Waals surface area (Å²) in [5, 5.41) is 31.8. The van der Waals surface area contributed by atoms with E-state index in [1.54, 1.807) is 0 Å². The van der Waals surface area contributed by atoms with Gasteiger partial charge in [0.05, 0.1) is 6.10 Å². The molecule has 27 heavy (non-hydrogen) atoms. The van der Waals surface area contributed by atoms with Gasteiger partial charge in [-0.1, -0.05) is 58.6 Å². The normalized spacial score (nSPS) is 23.4. The van der Waals surface area contributed by atoms with Gasteiger partial charge < -0.3 is 15.3 Å². The lowest BCUT2D eigenvalue weighted by Gasteiger charge is -2.36. The Morgan fingerprint density at radius 1 is 1.11 bits per heavy atom. The molecule has 1 aromatic rings. The predicted octanol–water partition coefficient (Wildman–Crippen LogP) is 6.17. The second-order valence-corrected chi connectivity index (χ2v) is 9.15. The summed E-state index contributed by atoms with van der Waals surface area (Å²) in [6, 6.07) is 3.65. The zero-order chi connectivity index (χ0) is 20.2. The van der Waals surface area contributed by atoms with E-state index in [2.05, 4.69) is 27.4 Å². The van der Waals surface area contributed by atoms with Crippen LogP contribution in [0.3, 0.4) is 0 Å². The van der Waals surface area contributed by atoms with Crippen LogP contribution in [0.1, 0.15) is 96.1 Å². The monoisotopic (exact) mass is 374 g/mol. The molecule has 3 atom stereocenters. The first kappa shape index (κ1) is 21.8. The highest BCUT2D eigenvalue weighted by molar-refractivity contribution is 5.51. The third-order valence-electron chi connectivity index (χ3n) is 6.40. The molecule has 2 rings (SSSR count). The molecule has 3 unspecified atom stereocenters. The topological polar surface area (TPSA) is 60.7 Å². The van der Waals surface area contributed by atoms with Crippen LogP contribution in [-0.4, -0.2) is 21.4 Å². The number of benzene rings is 1. The zero-order valence-corrected chi connectivity index (χ0v) is 17.6. The van der Waals surface area contributed by atoms with Crippen LogP contribution in [0.2, 0.25) is 0 Å². The van der Waals surface area contributed by atoms with E-state index in [0.29, 0.717) is 12.0 Å². The molecule has 0 spiro atoms. The Kier molecular flexibility index (Phi) is 7.39. The molecule has 1 fully saturated rings. The van der Waals surface area contributed by atoms with Crippen LogP contribution in [0.15, 0.2) is 24.3 Å². The average Bonchev–Trinajstić information content (AvgIpc) is 2.58. The van der Waals surface area contributed by atoms with Crippen molar-refractivity contribution in [1.29, 1.82) is 0 Å². The Balaban J connectivity index is 2.29. The maximum absolute atomic E-state index is 10.8. The van der Waals surface area contributed by atoms with E-state index < -0.39 is 0 Å².